The standard InChI is InChI=1S/C13H21N3O/c1-3-14-12(13-15-6-7-16(13)2)10-8-9-4-5-11(10)17-9/h6-7,9-12,14H,3-5,8H2,1-2H3. The minimum Gasteiger partial charge on any atom is -0.375 e. The summed E-state index contributed by atoms with van der Waals surface area (Å²) in [5, 5.41) is 3.59. The number of imidazole rings is 1. The molecular weight excluding hydrogens is 214 g/mol. The Labute approximate surface area is 102 Å². The lowest BCUT2D eigenvalue weighted by Gasteiger charge is -2.28. The molecule has 2 saturated heterocycles. The highest BCUT2D eigenvalue weighted by Crippen LogP contribution is 2.44. The van der Waals surface area contributed by atoms with Crippen LogP contribution in [0.4, 0.5) is 0 Å². The van der Waals surface area contributed by atoms with Crippen molar-refractivity contribution in [2.45, 2.75) is 44.4 Å². The van der Waals surface area contributed by atoms with Gasteiger partial charge in [-0.2, -0.15) is 0 Å². The minimum atomic E-state index is 0.343. The number of aromatic nitrogens is 2. The van der Waals surface area contributed by atoms with E-state index in [2.05, 4.69) is 28.8 Å². The van der Waals surface area contributed by atoms with Gasteiger partial charge in [-0.1, -0.05) is 6.92 Å². The van der Waals surface area contributed by atoms with Gasteiger partial charge in [-0.25, -0.2) is 4.98 Å². The molecule has 3 rings (SSSR count). The van der Waals surface area contributed by atoms with E-state index >= 15 is 0 Å². The molecule has 1 aromatic rings. The van der Waals surface area contributed by atoms with Crippen LogP contribution in [0.5, 0.6) is 0 Å². The summed E-state index contributed by atoms with van der Waals surface area (Å²) in [6.45, 7) is 3.13. The molecule has 0 aromatic carbocycles. The summed E-state index contributed by atoms with van der Waals surface area (Å²) in [4.78, 5) is 4.51. The van der Waals surface area contributed by atoms with Crippen LogP contribution in [0.2, 0.25) is 0 Å². The van der Waals surface area contributed by atoms with Crippen LogP contribution in [0, 0.1) is 5.92 Å². The van der Waals surface area contributed by atoms with Crippen molar-refractivity contribution >= 4 is 0 Å². The number of hydrogen-bond donors (Lipinski definition) is 1. The van der Waals surface area contributed by atoms with Crippen LogP contribution in [-0.2, 0) is 11.8 Å². The molecule has 4 nitrogen and oxygen atoms in total. The van der Waals surface area contributed by atoms with Crippen LogP contribution in [-0.4, -0.2) is 28.3 Å². The van der Waals surface area contributed by atoms with E-state index in [0.717, 1.165) is 12.4 Å². The zero-order chi connectivity index (χ0) is 11.8. The highest BCUT2D eigenvalue weighted by Gasteiger charge is 2.45. The maximum atomic E-state index is 5.97. The van der Waals surface area contributed by atoms with Crippen molar-refractivity contribution in [2.24, 2.45) is 13.0 Å². The Morgan fingerprint density at radius 2 is 2.47 bits per heavy atom. The average molecular weight is 235 g/mol. The molecule has 0 aliphatic carbocycles. The second-order valence-electron chi connectivity index (χ2n) is 5.21. The number of hydrogen-bond acceptors (Lipinski definition) is 3. The molecular formula is C13H21N3O. The van der Waals surface area contributed by atoms with Crippen LogP contribution in [0.3, 0.4) is 0 Å². The van der Waals surface area contributed by atoms with Crippen molar-refractivity contribution in [1.29, 1.82) is 0 Å². The highest BCUT2D eigenvalue weighted by atomic mass is 16.5. The predicted octanol–water partition coefficient (Wildman–Crippen LogP) is 1.64. The summed E-state index contributed by atoms with van der Waals surface area (Å²) in [5.74, 6) is 1.74. The van der Waals surface area contributed by atoms with Crippen molar-refractivity contribution < 1.29 is 4.74 Å². The van der Waals surface area contributed by atoms with E-state index in [1.54, 1.807) is 0 Å². The molecule has 0 radical (unpaired) electrons. The maximum Gasteiger partial charge on any atom is 0.125 e. The van der Waals surface area contributed by atoms with E-state index in [-0.39, 0.29) is 0 Å². The van der Waals surface area contributed by atoms with E-state index in [4.69, 9.17) is 4.74 Å². The Balaban J connectivity index is 1.83. The number of rotatable bonds is 4. The molecule has 4 heteroatoms. The molecule has 0 amide bonds. The van der Waals surface area contributed by atoms with Gasteiger partial charge in [0.15, 0.2) is 0 Å². The molecule has 4 unspecified atom stereocenters. The van der Waals surface area contributed by atoms with E-state index in [1.165, 1.54) is 19.3 Å². The van der Waals surface area contributed by atoms with Gasteiger partial charge in [0.2, 0.25) is 0 Å². The van der Waals surface area contributed by atoms with Gasteiger partial charge >= 0.3 is 0 Å². The first-order valence-corrected chi connectivity index (χ1v) is 6.65. The molecule has 1 N–H and O–H groups in total. The maximum absolute atomic E-state index is 5.97. The summed E-state index contributed by atoms with van der Waals surface area (Å²) >= 11 is 0. The Morgan fingerprint density at radius 3 is 3.00 bits per heavy atom. The lowest BCUT2D eigenvalue weighted by Crippen LogP contribution is -2.35. The molecule has 17 heavy (non-hydrogen) atoms. The number of nitrogens with one attached hydrogen (secondary N) is 1. The first-order chi connectivity index (χ1) is 8.29. The summed E-state index contributed by atoms with van der Waals surface area (Å²) < 4.78 is 8.10. The van der Waals surface area contributed by atoms with Crippen LogP contribution >= 0.6 is 0 Å². The molecule has 0 saturated carbocycles. The minimum absolute atomic E-state index is 0.343. The first-order valence-electron chi connectivity index (χ1n) is 6.65. The number of fused-ring (bicyclic) bond motifs is 2. The monoisotopic (exact) mass is 235 g/mol. The third-order valence-corrected chi connectivity index (χ3v) is 4.14. The molecule has 2 aliphatic heterocycles. The van der Waals surface area contributed by atoms with Crippen LogP contribution in [0.1, 0.15) is 38.1 Å². The van der Waals surface area contributed by atoms with Crippen LogP contribution in [0.15, 0.2) is 12.4 Å². The Bertz CT molecular complexity index is 390. The molecule has 4 atom stereocenters. The van der Waals surface area contributed by atoms with Gasteiger partial charge < -0.3 is 14.6 Å². The van der Waals surface area contributed by atoms with Crippen LogP contribution in [0.25, 0.3) is 0 Å². The van der Waals surface area contributed by atoms with Gasteiger partial charge in [-0.3, -0.25) is 0 Å². The second-order valence-corrected chi connectivity index (χ2v) is 5.21. The Kier molecular flexibility index (Phi) is 2.92. The van der Waals surface area contributed by atoms with E-state index in [9.17, 15) is 0 Å². The van der Waals surface area contributed by atoms with Crippen molar-refractivity contribution in [3.63, 3.8) is 0 Å². The molecule has 3 heterocycles. The molecule has 0 spiro atoms. The van der Waals surface area contributed by atoms with Gasteiger partial charge in [-0.15, -0.1) is 0 Å². The fraction of sp³-hybridized carbons (Fsp3) is 0.769. The van der Waals surface area contributed by atoms with Gasteiger partial charge in [0.25, 0.3) is 0 Å². The lowest BCUT2D eigenvalue weighted by molar-refractivity contribution is 0.0849. The molecule has 94 valence electrons. The van der Waals surface area contributed by atoms with Crippen molar-refractivity contribution in [1.82, 2.24) is 14.9 Å². The molecule has 2 bridgehead atoms. The fourth-order valence-electron chi connectivity index (χ4n) is 3.36. The largest absolute Gasteiger partial charge is 0.375 e. The second kappa shape index (κ2) is 4.42. The van der Waals surface area contributed by atoms with Crippen LogP contribution < -0.4 is 5.32 Å². The fourth-order valence-corrected chi connectivity index (χ4v) is 3.36. The zero-order valence-electron chi connectivity index (χ0n) is 10.6. The van der Waals surface area contributed by atoms with Crippen molar-refractivity contribution in [3.05, 3.63) is 18.2 Å². The van der Waals surface area contributed by atoms with Gasteiger partial charge in [0, 0.05) is 25.4 Å². The quantitative estimate of drug-likeness (QED) is 0.862. The Morgan fingerprint density at radius 1 is 1.59 bits per heavy atom. The number of nitrogens with zero attached hydrogens (tertiary/aromatic N) is 2. The zero-order valence-corrected chi connectivity index (χ0v) is 10.6. The summed E-state index contributed by atoms with van der Waals surface area (Å²) in [6, 6.07) is 0.343. The smallest absolute Gasteiger partial charge is 0.125 e. The van der Waals surface area contributed by atoms with E-state index in [1.807, 2.05) is 12.4 Å². The van der Waals surface area contributed by atoms with Gasteiger partial charge in [0.05, 0.1) is 18.2 Å². The van der Waals surface area contributed by atoms with E-state index < -0.39 is 0 Å². The lowest BCUT2D eigenvalue weighted by atomic mass is 9.83. The van der Waals surface area contributed by atoms with Crippen molar-refractivity contribution in [2.75, 3.05) is 6.54 Å². The summed E-state index contributed by atoms with van der Waals surface area (Å²) in [5.41, 5.74) is 0. The van der Waals surface area contributed by atoms with Gasteiger partial charge in [0.1, 0.15) is 5.82 Å². The Hall–Kier alpha value is -0.870. The highest BCUT2D eigenvalue weighted by molar-refractivity contribution is 5.06. The van der Waals surface area contributed by atoms with Gasteiger partial charge in [-0.05, 0) is 25.8 Å². The normalized spacial score (nSPS) is 33.2. The van der Waals surface area contributed by atoms with E-state index in [0.29, 0.717) is 24.2 Å². The molecule has 2 aliphatic rings. The third-order valence-electron chi connectivity index (χ3n) is 4.14. The average Bonchev–Trinajstić information content (AvgIpc) is 3.01. The summed E-state index contributed by atoms with van der Waals surface area (Å²) in [6.07, 6.45) is 8.52. The van der Waals surface area contributed by atoms with Crippen molar-refractivity contribution in [3.8, 4) is 0 Å². The third kappa shape index (κ3) is 1.89. The molecule has 2 fully saturated rings. The SMILES string of the molecule is CCNC(c1nccn1C)C1CC2CCC1O2. The molecule has 1 aromatic heterocycles. The predicted molar refractivity (Wildman–Crippen MR) is 65.6 cm³/mol. The number of aryl methyl sites for hydroxylation is 1. The summed E-state index contributed by atoms with van der Waals surface area (Å²) in [7, 11) is 2.07. The topological polar surface area (TPSA) is 39.1 Å². The first kappa shape index (κ1) is 11.2. The number of ether oxygens (including phenoxy) is 1.